The normalized spacial score (nSPS) is 9.70. The maximum atomic E-state index is 12.1. The number of amides is 1. The summed E-state index contributed by atoms with van der Waals surface area (Å²) in [5, 5.41) is 9.19. The van der Waals surface area contributed by atoms with Crippen LogP contribution in [0.3, 0.4) is 0 Å². The molecule has 6 heteroatoms. The van der Waals surface area contributed by atoms with E-state index in [1.165, 1.54) is 6.33 Å². The Morgan fingerprint density at radius 2 is 2.35 bits per heavy atom. The number of nitrogens with two attached hydrogens (primary N) is 1. The van der Waals surface area contributed by atoms with Crippen molar-refractivity contribution in [3.05, 3.63) is 47.0 Å². The van der Waals surface area contributed by atoms with Crippen LogP contribution >= 0.6 is 0 Å². The fourth-order valence-corrected chi connectivity index (χ4v) is 1.67. The number of carbonyl (C=O) groups excluding carboxylic acids is 1. The van der Waals surface area contributed by atoms with E-state index < -0.39 is 0 Å². The molecular weight excluding hydrogens is 254 g/mol. The average Bonchev–Trinajstić information content (AvgIpc) is 2.97. The van der Waals surface area contributed by atoms with Gasteiger partial charge in [-0.15, -0.1) is 0 Å². The number of nitrogens with one attached hydrogen (secondary N) is 2. The predicted molar refractivity (Wildman–Crippen MR) is 74.7 cm³/mol. The Morgan fingerprint density at radius 1 is 1.50 bits per heavy atom. The van der Waals surface area contributed by atoms with Gasteiger partial charge in [-0.05, 0) is 24.6 Å². The Bertz CT molecular complexity index is 652. The second-order valence-corrected chi connectivity index (χ2v) is 4.15. The third-order valence-electron chi connectivity index (χ3n) is 2.70. The highest BCUT2D eigenvalue weighted by Gasteiger charge is 2.09. The van der Waals surface area contributed by atoms with E-state index in [1.807, 2.05) is 19.1 Å². The van der Waals surface area contributed by atoms with Crippen molar-refractivity contribution >= 4 is 5.91 Å². The molecule has 0 aliphatic rings. The van der Waals surface area contributed by atoms with Crippen molar-refractivity contribution in [2.45, 2.75) is 13.5 Å². The van der Waals surface area contributed by atoms with E-state index >= 15 is 0 Å². The molecule has 1 amide bonds. The molecule has 0 saturated heterocycles. The average molecular weight is 269 g/mol. The summed E-state index contributed by atoms with van der Waals surface area (Å²) in [7, 11) is 0. The Labute approximate surface area is 116 Å². The minimum Gasteiger partial charge on any atom is -0.345 e. The summed E-state index contributed by atoms with van der Waals surface area (Å²) in [5.74, 6) is 6.12. The van der Waals surface area contributed by atoms with Gasteiger partial charge in [0.15, 0.2) is 0 Å². The van der Waals surface area contributed by atoms with E-state index in [4.69, 9.17) is 5.73 Å². The molecule has 1 aromatic heterocycles. The number of H-pyrrole nitrogens is 1. The van der Waals surface area contributed by atoms with Crippen molar-refractivity contribution in [3.8, 4) is 11.8 Å². The quantitative estimate of drug-likeness (QED) is 0.701. The topological polar surface area (TPSA) is 96.7 Å². The number of aromatic amines is 1. The molecule has 0 aliphatic carbocycles. The van der Waals surface area contributed by atoms with E-state index in [1.54, 1.807) is 6.07 Å². The SMILES string of the molecule is Cc1ccc(C#CCN)cc1C(=O)NCc1ncn[nH]1. The van der Waals surface area contributed by atoms with Crippen LogP contribution in [0, 0.1) is 18.8 Å². The number of benzene rings is 1. The molecule has 1 heterocycles. The Kier molecular flexibility index (Phi) is 4.47. The first-order valence-corrected chi connectivity index (χ1v) is 6.12. The van der Waals surface area contributed by atoms with Crippen LogP contribution in [0.25, 0.3) is 0 Å². The minimum absolute atomic E-state index is 0.171. The van der Waals surface area contributed by atoms with Crippen LogP contribution in [0.15, 0.2) is 24.5 Å². The third-order valence-corrected chi connectivity index (χ3v) is 2.70. The maximum absolute atomic E-state index is 12.1. The minimum atomic E-state index is -0.171. The van der Waals surface area contributed by atoms with Crippen LogP contribution in [0.2, 0.25) is 0 Å². The zero-order valence-corrected chi connectivity index (χ0v) is 11.1. The third kappa shape index (κ3) is 3.43. The molecular formula is C14H15N5O. The second-order valence-electron chi connectivity index (χ2n) is 4.15. The zero-order chi connectivity index (χ0) is 14.4. The van der Waals surface area contributed by atoms with E-state index in [-0.39, 0.29) is 5.91 Å². The van der Waals surface area contributed by atoms with E-state index in [2.05, 4.69) is 32.3 Å². The van der Waals surface area contributed by atoms with E-state index in [0.717, 1.165) is 11.1 Å². The molecule has 4 N–H and O–H groups in total. The van der Waals surface area contributed by atoms with Gasteiger partial charge >= 0.3 is 0 Å². The molecule has 2 aromatic rings. The predicted octanol–water partition coefficient (Wildman–Crippen LogP) is 0.353. The van der Waals surface area contributed by atoms with Crippen LogP contribution in [0.1, 0.15) is 27.3 Å². The monoisotopic (exact) mass is 269 g/mol. The van der Waals surface area contributed by atoms with Crippen LogP contribution in [0.4, 0.5) is 0 Å². The van der Waals surface area contributed by atoms with Crippen molar-refractivity contribution in [2.75, 3.05) is 6.54 Å². The number of aryl methyl sites for hydroxylation is 1. The lowest BCUT2D eigenvalue weighted by molar-refractivity contribution is 0.0949. The van der Waals surface area contributed by atoms with Gasteiger partial charge in [0, 0.05) is 11.1 Å². The van der Waals surface area contributed by atoms with Gasteiger partial charge < -0.3 is 11.1 Å². The Balaban J connectivity index is 2.12. The molecule has 0 aliphatic heterocycles. The van der Waals surface area contributed by atoms with E-state index in [0.29, 0.717) is 24.5 Å². The summed E-state index contributed by atoms with van der Waals surface area (Å²) in [5.41, 5.74) is 7.58. The Morgan fingerprint density at radius 3 is 3.05 bits per heavy atom. The molecule has 0 saturated carbocycles. The lowest BCUT2D eigenvalue weighted by atomic mass is 10.0. The highest BCUT2D eigenvalue weighted by Crippen LogP contribution is 2.10. The number of carbonyl (C=O) groups is 1. The number of hydrogen-bond acceptors (Lipinski definition) is 4. The van der Waals surface area contributed by atoms with Crippen molar-refractivity contribution in [3.63, 3.8) is 0 Å². The molecule has 0 fully saturated rings. The summed E-state index contributed by atoms with van der Waals surface area (Å²) >= 11 is 0. The van der Waals surface area contributed by atoms with Crippen LogP contribution in [0.5, 0.6) is 0 Å². The zero-order valence-electron chi connectivity index (χ0n) is 11.1. The van der Waals surface area contributed by atoms with Gasteiger partial charge in [-0.3, -0.25) is 9.89 Å². The summed E-state index contributed by atoms with van der Waals surface area (Å²) in [6.45, 7) is 2.47. The molecule has 0 radical (unpaired) electrons. The summed E-state index contributed by atoms with van der Waals surface area (Å²) in [4.78, 5) is 16.1. The van der Waals surface area contributed by atoms with Crippen LogP contribution in [-0.4, -0.2) is 27.6 Å². The molecule has 0 bridgehead atoms. The van der Waals surface area contributed by atoms with Crippen molar-refractivity contribution in [1.82, 2.24) is 20.5 Å². The first-order chi connectivity index (χ1) is 9.70. The molecule has 2 rings (SSSR count). The van der Waals surface area contributed by atoms with E-state index in [9.17, 15) is 4.79 Å². The number of rotatable bonds is 3. The molecule has 1 aromatic carbocycles. The first kappa shape index (κ1) is 13.8. The standard InChI is InChI=1S/C14H15N5O/c1-10-4-5-11(3-2-6-15)7-12(10)14(20)16-8-13-17-9-18-19-13/h4-5,7,9H,6,8,15H2,1H3,(H,16,20)(H,17,18,19). The first-order valence-electron chi connectivity index (χ1n) is 6.12. The fraction of sp³-hybridized carbons (Fsp3) is 0.214. The summed E-state index contributed by atoms with van der Waals surface area (Å²) in [6, 6.07) is 5.49. The summed E-state index contributed by atoms with van der Waals surface area (Å²) < 4.78 is 0. The van der Waals surface area contributed by atoms with Crippen molar-refractivity contribution in [1.29, 1.82) is 0 Å². The van der Waals surface area contributed by atoms with Crippen LogP contribution in [-0.2, 0) is 6.54 Å². The molecule has 20 heavy (non-hydrogen) atoms. The lowest BCUT2D eigenvalue weighted by Gasteiger charge is -2.07. The Hall–Kier alpha value is -2.65. The van der Waals surface area contributed by atoms with Gasteiger partial charge in [0.05, 0.1) is 13.1 Å². The molecule has 102 valence electrons. The molecule has 0 unspecified atom stereocenters. The van der Waals surface area contributed by atoms with Gasteiger partial charge in [0.2, 0.25) is 0 Å². The van der Waals surface area contributed by atoms with Crippen LogP contribution < -0.4 is 11.1 Å². The molecule has 6 nitrogen and oxygen atoms in total. The van der Waals surface area contributed by atoms with Crippen molar-refractivity contribution in [2.24, 2.45) is 5.73 Å². The van der Waals surface area contributed by atoms with Gasteiger partial charge in [-0.1, -0.05) is 17.9 Å². The lowest BCUT2D eigenvalue weighted by Crippen LogP contribution is -2.24. The number of hydrogen-bond donors (Lipinski definition) is 3. The molecule has 0 spiro atoms. The summed E-state index contributed by atoms with van der Waals surface area (Å²) in [6.07, 6.45) is 1.40. The smallest absolute Gasteiger partial charge is 0.251 e. The number of nitrogens with zero attached hydrogens (tertiary/aromatic N) is 2. The highest BCUT2D eigenvalue weighted by atomic mass is 16.1. The fourth-order valence-electron chi connectivity index (χ4n) is 1.67. The largest absolute Gasteiger partial charge is 0.345 e. The van der Waals surface area contributed by atoms with Gasteiger partial charge in [-0.2, -0.15) is 5.10 Å². The maximum Gasteiger partial charge on any atom is 0.251 e. The second kappa shape index (κ2) is 6.50. The molecule has 0 atom stereocenters. The number of aromatic nitrogens is 3. The van der Waals surface area contributed by atoms with Crippen molar-refractivity contribution < 1.29 is 4.79 Å². The van der Waals surface area contributed by atoms with Gasteiger partial charge in [0.25, 0.3) is 5.91 Å². The highest BCUT2D eigenvalue weighted by molar-refractivity contribution is 5.95. The van der Waals surface area contributed by atoms with Gasteiger partial charge in [-0.25, -0.2) is 4.98 Å². The van der Waals surface area contributed by atoms with Gasteiger partial charge in [0.1, 0.15) is 12.2 Å².